The number of hydrogen-bond donors (Lipinski definition) is 0. The van der Waals surface area contributed by atoms with Crippen molar-refractivity contribution in [1.82, 2.24) is 4.31 Å². The van der Waals surface area contributed by atoms with E-state index >= 15 is 0 Å². The molecule has 0 N–H and O–H groups in total. The van der Waals surface area contributed by atoms with Crippen LogP contribution in [0, 0.1) is 11.8 Å². The second kappa shape index (κ2) is 8.28. The van der Waals surface area contributed by atoms with E-state index in [2.05, 4.69) is 0 Å². The minimum Gasteiger partial charge on any atom is -0.466 e. The van der Waals surface area contributed by atoms with Gasteiger partial charge in [0.05, 0.1) is 23.1 Å². The van der Waals surface area contributed by atoms with Crippen LogP contribution in [0.25, 0.3) is 0 Å². The summed E-state index contributed by atoms with van der Waals surface area (Å²) < 4.78 is 32.9. The van der Waals surface area contributed by atoms with Crippen LogP contribution in [0.1, 0.15) is 32.6 Å². The minimum absolute atomic E-state index is 0.0908. The normalized spacial score (nSPS) is 20.9. The maximum Gasteiger partial charge on any atom is 0.309 e. The Hall–Kier alpha value is -1.58. The number of anilines is 1. The predicted octanol–water partition coefficient (Wildman–Crippen LogP) is 2.50. The summed E-state index contributed by atoms with van der Waals surface area (Å²) in [7, 11) is -3.68. The average Bonchev–Trinajstić information content (AvgIpc) is 3.58. The van der Waals surface area contributed by atoms with Gasteiger partial charge < -0.3 is 9.64 Å². The highest BCUT2D eigenvalue weighted by Crippen LogP contribution is 2.40. The van der Waals surface area contributed by atoms with Crippen molar-refractivity contribution in [3.05, 3.63) is 18.2 Å². The van der Waals surface area contributed by atoms with E-state index < -0.39 is 10.0 Å². The van der Waals surface area contributed by atoms with Crippen LogP contribution in [0.2, 0.25) is 0 Å². The summed E-state index contributed by atoms with van der Waals surface area (Å²) in [6.07, 6.45) is 2.77. The van der Waals surface area contributed by atoms with E-state index in [1.54, 1.807) is 35.7 Å². The summed E-state index contributed by atoms with van der Waals surface area (Å²) in [5.74, 6) is 0.529. The number of hydrogen-bond acceptors (Lipinski definition) is 6. The number of carbonyl (C=O) groups excluding carboxylic acids is 2. The Morgan fingerprint density at radius 2 is 1.83 bits per heavy atom. The van der Waals surface area contributed by atoms with Crippen molar-refractivity contribution in [1.29, 1.82) is 0 Å². The number of thioether (sulfide) groups is 1. The summed E-state index contributed by atoms with van der Waals surface area (Å²) in [6, 6.07) is 5.09. The largest absolute Gasteiger partial charge is 0.466 e. The van der Waals surface area contributed by atoms with Crippen LogP contribution in [-0.4, -0.2) is 56.6 Å². The number of sulfonamides is 1. The van der Waals surface area contributed by atoms with E-state index in [4.69, 9.17) is 4.74 Å². The number of fused-ring (bicyclic) bond motifs is 1. The van der Waals surface area contributed by atoms with Gasteiger partial charge in [0.15, 0.2) is 0 Å². The molecule has 7 nitrogen and oxygen atoms in total. The fourth-order valence-corrected chi connectivity index (χ4v) is 6.34. The molecule has 2 aliphatic heterocycles. The van der Waals surface area contributed by atoms with Crippen molar-refractivity contribution in [3.8, 4) is 0 Å². The molecule has 9 heteroatoms. The molecule has 0 bridgehead atoms. The van der Waals surface area contributed by atoms with Gasteiger partial charge in [0.25, 0.3) is 0 Å². The van der Waals surface area contributed by atoms with Gasteiger partial charge in [0, 0.05) is 36.2 Å². The number of amides is 1. The molecule has 1 saturated carbocycles. The summed E-state index contributed by atoms with van der Waals surface area (Å²) in [5, 5.41) is 0. The number of benzene rings is 1. The topological polar surface area (TPSA) is 84.0 Å². The van der Waals surface area contributed by atoms with Crippen molar-refractivity contribution >= 4 is 39.3 Å². The number of rotatable bonds is 5. The van der Waals surface area contributed by atoms with Crippen LogP contribution < -0.4 is 4.90 Å². The van der Waals surface area contributed by atoms with Gasteiger partial charge in [-0.25, -0.2) is 8.42 Å². The number of carbonyl (C=O) groups is 2. The van der Waals surface area contributed by atoms with E-state index in [9.17, 15) is 18.0 Å². The van der Waals surface area contributed by atoms with Crippen molar-refractivity contribution < 1.29 is 22.7 Å². The molecule has 1 amide bonds. The first kappa shape index (κ1) is 20.7. The molecule has 0 aromatic heterocycles. The molecule has 0 atom stereocenters. The minimum atomic E-state index is -3.68. The van der Waals surface area contributed by atoms with E-state index in [-0.39, 0.29) is 28.6 Å². The molecule has 0 spiro atoms. The first-order valence-corrected chi connectivity index (χ1v) is 12.6. The molecular formula is C20H26N2O5S2. The number of esters is 1. The summed E-state index contributed by atoms with van der Waals surface area (Å²) in [4.78, 5) is 27.5. The lowest BCUT2D eigenvalue weighted by Gasteiger charge is -2.32. The summed E-state index contributed by atoms with van der Waals surface area (Å²) in [6.45, 7) is 3.30. The molecule has 2 fully saturated rings. The predicted molar refractivity (Wildman–Crippen MR) is 110 cm³/mol. The van der Waals surface area contributed by atoms with Gasteiger partial charge in [-0.2, -0.15) is 4.31 Å². The lowest BCUT2D eigenvalue weighted by Crippen LogP contribution is -2.41. The van der Waals surface area contributed by atoms with Crippen LogP contribution in [0.5, 0.6) is 0 Å². The third kappa shape index (κ3) is 4.18. The van der Waals surface area contributed by atoms with E-state index in [0.717, 1.165) is 23.5 Å². The highest BCUT2D eigenvalue weighted by molar-refractivity contribution is 7.99. The average molecular weight is 439 g/mol. The Morgan fingerprint density at radius 1 is 1.10 bits per heavy atom. The first-order chi connectivity index (χ1) is 13.9. The molecule has 158 valence electrons. The van der Waals surface area contributed by atoms with Crippen LogP contribution >= 0.6 is 11.8 Å². The number of piperidine rings is 1. The van der Waals surface area contributed by atoms with Crippen LogP contribution in [0.15, 0.2) is 28.0 Å². The van der Waals surface area contributed by atoms with E-state index in [1.807, 2.05) is 6.07 Å². The zero-order valence-electron chi connectivity index (χ0n) is 16.5. The van der Waals surface area contributed by atoms with Crippen molar-refractivity contribution in [3.63, 3.8) is 0 Å². The second-order valence-electron chi connectivity index (χ2n) is 7.67. The zero-order valence-corrected chi connectivity index (χ0v) is 18.1. The van der Waals surface area contributed by atoms with Crippen molar-refractivity contribution in [2.24, 2.45) is 11.8 Å². The lowest BCUT2D eigenvalue weighted by molar-refractivity contribution is -0.149. The Kier molecular flexibility index (Phi) is 5.90. The zero-order chi connectivity index (χ0) is 20.6. The Bertz CT molecular complexity index is 905. The molecule has 0 unspecified atom stereocenters. The van der Waals surface area contributed by atoms with Crippen molar-refractivity contribution in [2.45, 2.75) is 42.4 Å². The number of nitrogens with zero attached hydrogens (tertiary/aromatic N) is 2. The molecule has 0 radical (unpaired) electrons. The monoisotopic (exact) mass is 438 g/mol. The van der Waals surface area contributed by atoms with Crippen LogP contribution in [0.3, 0.4) is 0 Å². The van der Waals surface area contributed by atoms with Gasteiger partial charge in [0.2, 0.25) is 15.9 Å². The van der Waals surface area contributed by atoms with Gasteiger partial charge in [-0.05, 0) is 50.8 Å². The van der Waals surface area contributed by atoms with Gasteiger partial charge in [-0.3, -0.25) is 9.59 Å². The third-order valence-electron chi connectivity index (χ3n) is 5.70. The molecular weight excluding hydrogens is 412 g/mol. The first-order valence-electron chi connectivity index (χ1n) is 10.2. The fourth-order valence-electron chi connectivity index (χ4n) is 3.88. The maximum atomic E-state index is 13.2. The highest BCUT2D eigenvalue weighted by atomic mass is 32.2. The number of ether oxygens (including phenoxy) is 1. The fraction of sp³-hybridized carbons (Fsp3) is 0.600. The molecule has 4 rings (SSSR count). The lowest BCUT2D eigenvalue weighted by atomic mass is 9.98. The Labute approximate surface area is 175 Å². The molecule has 1 aliphatic carbocycles. The van der Waals surface area contributed by atoms with Gasteiger partial charge >= 0.3 is 5.97 Å². The van der Waals surface area contributed by atoms with E-state index in [0.29, 0.717) is 44.8 Å². The quantitative estimate of drug-likeness (QED) is 0.657. The molecule has 2 heterocycles. The molecule has 1 aromatic rings. The third-order valence-corrected chi connectivity index (χ3v) is 8.64. The van der Waals surface area contributed by atoms with Crippen LogP contribution in [0.4, 0.5) is 5.69 Å². The second-order valence-corrected chi connectivity index (χ2v) is 10.7. The summed E-state index contributed by atoms with van der Waals surface area (Å²) in [5.41, 5.74) is 0.709. The maximum absolute atomic E-state index is 13.2. The molecule has 1 aromatic carbocycles. The van der Waals surface area contributed by atoms with Crippen LogP contribution in [-0.2, 0) is 24.3 Å². The van der Waals surface area contributed by atoms with Gasteiger partial charge in [-0.1, -0.05) is 0 Å². The smallest absolute Gasteiger partial charge is 0.309 e. The standard InChI is InChI=1S/C20H26N2O5S2/c1-2-27-20(24)15-7-9-21(10-8-15)29(25,26)16-5-6-18-17(13-16)22(11-12-28-18)19(23)14-3-4-14/h5-6,13-15H,2-4,7-12H2,1H3. The van der Waals surface area contributed by atoms with Gasteiger partial charge in [0.1, 0.15) is 0 Å². The molecule has 1 saturated heterocycles. The molecule has 29 heavy (non-hydrogen) atoms. The molecule has 3 aliphatic rings. The van der Waals surface area contributed by atoms with Crippen molar-refractivity contribution in [2.75, 3.05) is 36.9 Å². The Balaban J connectivity index is 1.53. The Morgan fingerprint density at radius 3 is 2.48 bits per heavy atom. The highest BCUT2D eigenvalue weighted by Gasteiger charge is 2.37. The van der Waals surface area contributed by atoms with Gasteiger partial charge in [-0.15, -0.1) is 11.8 Å². The van der Waals surface area contributed by atoms with E-state index in [1.165, 1.54) is 4.31 Å². The summed E-state index contributed by atoms with van der Waals surface area (Å²) >= 11 is 1.65. The SMILES string of the molecule is CCOC(=O)C1CCN(S(=O)(=O)c2ccc3c(c2)N(C(=O)C2CC2)CCS3)CC1.